The van der Waals surface area contributed by atoms with E-state index in [1.54, 1.807) is 4.90 Å². The van der Waals surface area contributed by atoms with Gasteiger partial charge in [0.05, 0.1) is 6.10 Å². The first kappa shape index (κ1) is 17.0. The fraction of sp³-hybridized carbons (Fsp3) is 0.867. The molecule has 2 saturated heterocycles. The summed E-state index contributed by atoms with van der Waals surface area (Å²) in [7, 11) is 0. The van der Waals surface area contributed by atoms with Gasteiger partial charge in [0, 0.05) is 32.2 Å². The summed E-state index contributed by atoms with van der Waals surface area (Å²) in [5.74, 6) is 0.0302. The van der Waals surface area contributed by atoms with E-state index in [9.17, 15) is 9.59 Å². The number of nitrogens with one attached hydrogen (secondary N) is 2. The van der Waals surface area contributed by atoms with E-state index in [4.69, 9.17) is 9.47 Å². The summed E-state index contributed by atoms with van der Waals surface area (Å²) in [6, 6.07) is 0.0654. The second-order valence-corrected chi connectivity index (χ2v) is 6.89. The summed E-state index contributed by atoms with van der Waals surface area (Å²) in [4.78, 5) is 25.6. The van der Waals surface area contributed by atoms with Crippen molar-refractivity contribution in [2.75, 3.05) is 32.8 Å². The van der Waals surface area contributed by atoms with E-state index in [0.29, 0.717) is 13.1 Å². The van der Waals surface area contributed by atoms with Crippen LogP contribution in [-0.4, -0.2) is 67.4 Å². The van der Waals surface area contributed by atoms with E-state index in [0.717, 1.165) is 25.9 Å². The number of alkyl carbamates (subject to hydrolysis) is 1. The van der Waals surface area contributed by atoms with Crippen molar-refractivity contribution in [2.45, 2.75) is 51.4 Å². The van der Waals surface area contributed by atoms with Crippen LogP contribution >= 0.6 is 0 Å². The van der Waals surface area contributed by atoms with Crippen molar-refractivity contribution in [3.8, 4) is 0 Å². The molecule has 0 aliphatic carbocycles. The second-order valence-electron chi connectivity index (χ2n) is 6.89. The average molecular weight is 313 g/mol. The third-order valence-electron chi connectivity index (χ3n) is 3.76. The van der Waals surface area contributed by atoms with Gasteiger partial charge in [0.1, 0.15) is 12.2 Å². The predicted molar refractivity (Wildman–Crippen MR) is 81.6 cm³/mol. The molecule has 0 unspecified atom stereocenters. The summed E-state index contributed by atoms with van der Waals surface area (Å²) in [5, 5.41) is 5.97. The molecule has 2 rings (SSSR count). The van der Waals surface area contributed by atoms with Crippen LogP contribution in [0.5, 0.6) is 0 Å². The van der Waals surface area contributed by atoms with E-state index < -0.39 is 11.7 Å². The Balaban J connectivity index is 1.64. The lowest BCUT2D eigenvalue weighted by atomic mass is 10.1. The van der Waals surface area contributed by atoms with Gasteiger partial charge < -0.3 is 25.0 Å². The first-order valence-electron chi connectivity index (χ1n) is 7.93. The highest BCUT2D eigenvalue weighted by Gasteiger charge is 2.26. The van der Waals surface area contributed by atoms with Crippen LogP contribution in [0.25, 0.3) is 0 Å². The molecule has 7 heteroatoms. The maximum atomic E-state index is 12.0. The minimum absolute atomic E-state index is 0.0302. The Morgan fingerprint density at radius 2 is 1.86 bits per heavy atom. The SMILES string of the molecule is CC(C)(C)OC(=O)NC1CCN(C(=O)COC2CNC2)CC1. The zero-order valence-electron chi connectivity index (χ0n) is 13.7. The summed E-state index contributed by atoms with van der Waals surface area (Å²) in [5.41, 5.74) is -0.492. The molecule has 2 amide bonds. The summed E-state index contributed by atoms with van der Waals surface area (Å²) in [6.45, 7) is 8.61. The lowest BCUT2D eigenvalue weighted by Crippen LogP contribution is -2.51. The van der Waals surface area contributed by atoms with Crippen LogP contribution in [-0.2, 0) is 14.3 Å². The fourth-order valence-corrected chi connectivity index (χ4v) is 2.41. The van der Waals surface area contributed by atoms with Crippen molar-refractivity contribution in [1.29, 1.82) is 0 Å². The normalized spacial score (nSPS) is 20.4. The lowest BCUT2D eigenvalue weighted by Gasteiger charge is -2.34. The predicted octanol–water partition coefficient (Wildman–Crippen LogP) is 0.491. The number of rotatable bonds is 4. The number of nitrogens with zero attached hydrogens (tertiary/aromatic N) is 1. The summed E-state index contributed by atoms with van der Waals surface area (Å²) < 4.78 is 10.7. The van der Waals surface area contributed by atoms with Crippen LogP contribution in [0.3, 0.4) is 0 Å². The number of ether oxygens (including phenoxy) is 2. The molecule has 2 heterocycles. The molecular formula is C15H27N3O4. The number of piperidine rings is 1. The van der Waals surface area contributed by atoms with Gasteiger partial charge in [0.2, 0.25) is 5.91 Å². The van der Waals surface area contributed by atoms with Gasteiger partial charge in [-0.15, -0.1) is 0 Å². The molecular weight excluding hydrogens is 286 g/mol. The largest absolute Gasteiger partial charge is 0.444 e. The Bertz CT molecular complexity index is 396. The number of hydrogen-bond acceptors (Lipinski definition) is 5. The maximum Gasteiger partial charge on any atom is 0.407 e. The Labute approximate surface area is 131 Å². The zero-order chi connectivity index (χ0) is 16.2. The fourth-order valence-electron chi connectivity index (χ4n) is 2.41. The number of likely N-dealkylation sites (tertiary alicyclic amines) is 1. The highest BCUT2D eigenvalue weighted by atomic mass is 16.6. The Kier molecular flexibility index (Phi) is 5.63. The van der Waals surface area contributed by atoms with E-state index in [-0.39, 0.29) is 24.7 Å². The lowest BCUT2D eigenvalue weighted by molar-refractivity contribution is -0.140. The van der Waals surface area contributed by atoms with Crippen LogP contribution in [0.2, 0.25) is 0 Å². The van der Waals surface area contributed by atoms with Crippen LogP contribution in [0.15, 0.2) is 0 Å². The topological polar surface area (TPSA) is 79.9 Å². The molecule has 2 N–H and O–H groups in total. The first-order chi connectivity index (χ1) is 10.3. The molecule has 0 aromatic carbocycles. The highest BCUT2D eigenvalue weighted by Crippen LogP contribution is 2.13. The van der Waals surface area contributed by atoms with Gasteiger partial charge in [-0.25, -0.2) is 4.79 Å². The van der Waals surface area contributed by atoms with E-state index in [1.807, 2.05) is 20.8 Å². The van der Waals surface area contributed by atoms with Crippen LogP contribution in [0.4, 0.5) is 4.79 Å². The molecule has 22 heavy (non-hydrogen) atoms. The third-order valence-corrected chi connectivity index (χ3v) is 3.76. The average Bonchev–Trinajstić information content (AvgIpc) is 2.35. The van der Waals surface area contributed by atoms with Crippen LogP contribution in [0, 0.1) is 0 Å². The number of carbonyl (C=O) groups excluding carboxylic acids is 2. The van der Waals surface area contributed by atoms with Crippen molar-refractivity contribution in [3.05, 3.63) is 0 Å². The molecule has 7 nitrogen and oxygen atoms in total. The van der Waals surface area contributed by atoms with Crippen LogP contribution in [0.1, 0.15) is 33.6 Å². The molecule has 2 fully saturated rings. The molecule has 0 aromatic rings. The van der Waals surface area contributed by atoms with Crippen molar-refractivity contribution in [3.63, 3.8) is 0 Å². The Morgan fingerprint density at radius 1 is 1.23 bits per heavy atom. The van der Waals surface area contributed by atoms with Crippen molar-refractivity contribution in [2.24, 2.45) is 0 Å². The molecule has 0 spiro atoms. The van der Waals surface area contributed by atoms with E-state index in [1.165, 1.54) is 0 Å². The van der Waals surface area contributed by atoms with Crippen LogP contribution < -0.4 is 10.6 Å². The Hall–Kier alpha value is -1.34. The summed E-state index contributed by atoms with van der Waals surface area (Å²) in [6.07, 6.45) is 1.28. The van der Waals surface area contributed by atoms with Gasteiger partial charge in [0.15, 0.2) is 0 Å². The van der Waals surface area contributed by atoms with Gasteiger partial charge in [-0.3, -0.25) is 4.79 Å². The van der Waals surface area contributed by atoms with Gasteiger partial charge >= 0.3 is 6.09 Å². The van der Waals surface area contributed by atoms with Crippen molar-refractivity contribution < 1.29 is 19.1 Å². The second kappa shape index (κ2) is 7.28. The Morgan fingerprint density at radius 3 is 2.36 bits per heavy atom. The molecule has 0 radical (unpaired) electrons. The summed E-state index contributed by atoms with van der Waals surface area (Å²) >= 11 is 0. The van der Waals surface area contributed by atoms with E-state index >= 15 is 0 Å². The number of carbonyl (C=O) groups is 2. The van der Waals surface area contributed by atoms with Gasteiger partial charge in [0.25, 0.3) is 0 Å². The minimum atomic E-state index is -0.492. The monoisotopic (exact) mass is 313 g/mol. The third kappa shape index (κ3) is 5.46. The molecule has 2 aliphatic heterocycles. The maximum absolute atomic E-state index is 12.0. The van der Waals surface area contributed by atoms with Crippen molar-refractivity contribution in [1.82, 2.24) is 15.5 Å². The molecule has 0 aromatic heterocycles. The molecule has 0 saturated carbocycles. The molecule has 0 bridgehead atoms. The van der Waals surface area contributed by atoms with E-state index in [2.05, 4.69) is 10.6 Å². The molecule has 0 atom stereocenters. The molecule has 126 valence electrons. The number of amides is 2. The van der Waals surface area contributed by atoms with Gasteiger partial charge in [-0.05, 0) is 33.6 Å². The zero-order valence-corrected chi connectivity index (χ0v) is 13.7. The highest BCUT2D eigenvalue weighted by molar-refractivity contribution is 5.77. The van der Waals surface area contributed by atoms with Crippen molar-refractivity contribution >= 4 is 12.0 Å². The smallest absolute Gasteiger partial charge is 0.407 e. The quantitative estimate of drug-likeness (QED) is 0.790. The molecule has 2 aliphatic rings. The van der Waals surface area contributed by atoms with Gasteiger partial charge in [-0.1, -0.05) is 0 Å². The first-order valence-corrected chi connectivity index (χ1v) is 7.93. The standard InChI is InChI=1S/C15H27N3O4/c1-15(2,3)22-14(20)17-11-4-6-18(7-5-11)13(19)10-21-12-8-16-9-12/h11-12,16H,4-10H2,1-3H3,(H,17,20). The number of hydrogen-bond donors (Lipinski definition) is 2. The van der Waals surface area contributed by atoms with Gasteiger partial charge in [-0.2, -0.15) is 0 Å². The minimum Gasteiger partial charge on any atom is -0.444 e.